The number of hydrogen-bond acceptors (Lipinski definition) is 7. The number of morpholine rings is 1. The lowest BCUT2D eigenvalue weighted by atomic mass is 10.0. The molecule has 1 fully saturated rings. The van der Waals surface area contributed by atoms with Gasteiger partial charge in [0, 0.05) is 42.5 Å². The largest absolute Gasteiger partial charge is 0.495 e. The van der Waals surface area contributed by atoms with Crippen molar-refractivity contribution in [2.24, 2.45) is 0 Å². The Kier molecular flexibility index (Phi) is 5.63. The molecular formula is C24H26ClN3O4S. The van der Waals surface area contributed by atoms with Crippen LogP contribution in [0.2, 0.25) is 5.02 Å². The van der Waals surface area contributed by atoms with Crippen LogP contribution in [-0.2, 0) is 14.6 Å². The quantitative estimate of drug-likeness (QED) is 0.546. The van der Waals surface area contributed by atoms with Gasteiger partial charge in [0.25, 0.3) is 0 Å². The predicted octanol–water partition coefficient (Wildman–Crippen LogP) is 4.28. The van der Waals surface area contributed by atoms with Crippen molar-refractivity contribution in [2.45, 2.75) is 18.7 Å². The first kappa shape index (κ1) is 22.3. The van der Waals surface area contributed by atoms with Crippen LogP contribution in [0.5, 0.6) is 5.75 Å². The molecule has 0 spiro atoms. The van der Waals surface area contributed by atoms with Crippen molar-refractivity contribution in [2.75, 3.05) is 55.5 Å². The lowest BCUT2D eigenvalue weighted by Crippen LogP contribution is -2.37. The Balaban J connectivity index is 1.74. The minimum Gasteiger partial charge on any atom is -0.495 e. The normalized spacial score (nSPS) is 17.8. The minimum absolute atomic E-state index is 0.0447. The summed E-state index contributed by atoms with van der Waals surface area (Å²) in [5, 5.41) is 1.36. The van der Waals surface area contributed by atoms with Crippen LogP contribution in [0.4, 0.5) is 17.1 Å². The second-order valence-electron chi connectivity index (χ2n) is 8.40. The van der Waals surface area contributed by atoms with Crippen molar-refractivity contribution in [1.82, 2.24) is 4.98 Å². The smallest absolute Gasteiger partial charge is 0.182 e. The fourth-order valence-electron chi connectivity index (χ4n) is 4.64. The van der Waals surface area contributed by atoms with E-state index >= 15 is 0 Å². The third-order valence-electron chi connectivity index (χ3n) is 6.51. The van der Waals surface area contributed by atoms with E-state index in [1.807, 2.05) is 38.1 Å². The maximum Gasteiger partial charge on any atom is 0.182 e. The fraction of sp³-hybridized carbons (Fsp3) is 0.375. The summed E-state index contributed by atoms with van der Waals surface area (Å²) in [5.74, 6) is 0.602. The molecule has 3 heterocycles. The van der Waals surface area contributed by atoms with Gasteiger partial charge >= 0.3 is 0 Å². The molecule has 1 aromatic heterocycles. The average Bonchev–Trinajstić information content (AvgIpc) is 2.81. The van der Waals surface area contributed by atoms with Crippen LogP contribution in [0, 0.1) is 13.8 Å². The van der Waals surface area contributed by atoms with E-state index in [1.165, 1.54) is 0 Å². The molecular weight excluding hydrogens is 462 g/mol. The zero-order chi connectivity index (χ0) is 23.3. The molecule has 0 unspecified atom stereocenters. The minimum atomic E-state index is -3.37. The molecule has 33 heavy (non-hydrogen) atoms. The van der Waals surface area contributed by atoms with Crippen LogP contribution >= 0.6 is 11.6 Å². The monoisotopic (exact) mass is 487 g/mol. The van der Waals surface area contributed by atoms with E-state index in [-0.39, 0.29) is 5.75 Å². The number of benzene rings is 2. The van der Waals surface area contributed by atoms with Crippen molar-refractivity contribution in [3.63, 3.8) is 0 Å². The van der Waals surface area contributed by atoms with E-state index in [0.29, 0.717) is 41.1 Å². The molecule has 0 amide bonds. The number of aryl methyl sites for hydroxylation is 1. The van der Waals surface area contributed by atoms with Gasteiger partial charge in [0.05, 0.1) is 52.9 Å². The molecule has 1 saturated heterocycles. The molecule has 174 valence electrons. The third-order valence-corrected chi connectivity index (χ3v) is 8.54. The summed E-state index contributed by atoms with van der Waals surface area (Å²) in [5.41, 5.74) is 5.23. The van der Waals surface area contributed by atoms with E-state index in [9.17, 15) is 8.42 Å². The zero-order valence-electron chi connectivity index (χ0n) is 18.9. The number of halogens is 1. The number of pyridine rings is 1. The van der Waals surface area contributed by atoms with E-state index < -0.39 is 9.84 Å². The Hall–Kier alpha value is -2.55. The van der Waals surface area contributed by atoms with Gasteiger partial charge in [-0.15, -0.1) is 0 Å². The highest BCUT2D eigenvalue weighted by Gasteiger charge is 2.32. The summed E-state index contributed by atoms with van der Waals surface area (Å²) in [4.78, 5) is 9.44. The molecule has 0 bridgehead atoms. The van der Waals surface area contributed by atoms with Gasteiger partial charge in [0.15, 0.2) is 9.84 Å². The SMILES string of the molecule is COc1cc2nc(C)c(C)c(N3CCS(=O)(=O)c4ccc(N5CCOCC5)cc43)c2cc1Cl. The van der Waals surface area contributed by atoms with Gasteiger partial charge in [-0.3, -0.25) is 4.98 Å². The van der Waals surface area contributed by atoms with Gasteiger partial charge in [0.1, 0.15) is 5.75 Å². The summed E-state index contributed by atoms with van der Waals surface area (Å²) >= 11 is 6.49. The van der Waals surface area contributed by atoms with Crippen LogP contribution in [0.15, 0.2) is 35.2 Å². The lowest BCUT2D eigenvalue weighted by Gasteiger charge is -2.35. The van der Waals surface area contributed by atoms with Gasteiger partial charge in [-0.1, -0.05) is 11.6 Å². The first-order valence-corrected chi connectivity index (χ1v) is 12.9. The Bertz CT molecular complexity index is 1350. The maximum atomic E-state index is 13.0. The van der Waals surface area contributed by atoms with Crippen LogP contribution in [0.3, 0.4) is 0 Å². The van der Waals surface area contributed by atoms with E-state index in [0.717, 1.165) is 46.6 Å². The number of sulfone groups is 1. The number of anilines is 3. The van der Waals surface area contributed by atoms with Crippen molar-refractivity contribution in [3.05, 3.63) is 46.6 Å². The number of fused-ring (bicyclic) bond motifs is 2. The molecule has 5 rings (SSSR count). The van der Waals surface area contributed by atoms with Crippen LogP contribution in [-0.4, -0.2) is 59.1 Å². The number of hydrogen-bond donors (Lipinski definition) is 0. The van der Waals surface area contributed by atoms with Crippen LogP contribution in [0.25, 0.3) is 10.9 Å². The number of aromatic nitrogens is 1. The van der Waals surface area contributed by atoms with Crippen LogP contribution < -0.4 is 14.5 Å². The first-order valence-electron chi connectivity index (χ1n) is 10.9. The van der Waals surface area contributed by atoms with Gasteiger partial charge in [-0.25, -0.2) is 8.42 Å². The molecule has 2 aliphatic heterocycles. The zero-order valence-corrected chi connectivity index (χ0v) is 20.5. The molecule has 9 heteroatoms. The van der Waals surface area contributed by atoms with Crippen molar-refractivity contribution in [1.29, 1.82) is 0 Å². The van der Waals surface area contributed by atoms with Crippen molar-refractivity contribution < 1.29 is 17.9 Å². The van der Waals surface area contributed by atoms with Gasteiger partial charge < -0.3 is 19.3 Å². The lowest BCUT2D eigenvalue weighted by molar-refractivity contribution is 0.122. The van der Waals surface area contributed by atoms with Crippen molar-refractivity contribution >= 4 is 49.4 Å². The Morgan fingerprint density at radius 1 is 1.09 bits per heavy atom. The molecule has 3 aromatic rings. The summed E-state index contributed by atoms with van der Waals surface area (Å²) in [6.07, 6.45) is 0. The number of rotatable bonds is 3. The Morgan fingerprint density at radius 2 is 1.85 bits per heavy atom. The highest BCUT2D eigenvalue weighted by Crippen LogP contribution is 2.44. The molecule has 0 radical (unpaired) electrons. The third kappa shape index (κ3) is 3.80. The summed E-state index contributed by atoms with van der Waals surface area (Å²) in [6, 6.07) is 9.32. The Labute approximate surface area is 198 Å². The fourth-order valence-corrected chi connectivity index (χ4v) is 6.29. The molecule has 0 N–H and O–H groups in total. The topological polar surface area (TPSA) is 72.0 Å². The summed E-state index contributed by atoms with van der Waals surface area (Å²) in [7, 11) is -1.79. The first-order chi connectivity index (χ1) is 15.8. The van der Waals surface area contributed by atoms with Gasteiger partial charge in [0.2, 0.25) is 0 Å². The molecule has 2 aliphatic rings. The van der Waals surface area contributed by atoms with Crippen molar-refractivity contribution in [3.8, 4) is 5.75 Å². The Morgan fingerprint density at radius 3 is 2.58 bits per heavy atom. The van der Waals surface area contributed by atoms with E-state index in [4.69, 9.17) is 26.1 Å². The molecule has 0 aliphatic carbocycles. The number of nitrogens with zero attached hydrogens (tertiary/aromatic N) is 3. The number of ether oxygens (including phenoxy) is 2. The predicted molar refractivity (Wildman–Crippen MR) is 131 cm³/mol. The highest BCUT2D eigenvalue weighted by atomic mass is 35.5. The van der Waals surface area contributed by atoms with E-state index in [1.54, 1.807) is 13.2 Å². The van der Waals surface area contributed by atoms with Crippen LogP contribution in [0.1, 0.15) is 11.3 Å². The second-order valence-corrected chi connectivity index (χ2v) is 10.9. The molecule has 0 saturated carbocycles. The maximum absolute atomic E-state index is 13.0. The molecule has 0 atom stereocenters. The summed E-state index contributed by atoms with van der Waals surface area (Å²) in [6.45, 7) is 7.20. The van der Waals surface area contributed by atoms with Gasteiger partial charge in [-0.2, -0.15) is 0 Å². The molecule has 7 nitrogen and oxygen atoms in total. The highest BCUT2D eigenvalue weighted by molar-refractivity contribution is 7.91. The average molecular weight is 488 g/mol. The summed E-state index contributed by atoms with van der Waals surface area (Å²) < 4.78 is 36.8. The van der Waals surface area contributed by atoms with E-state index in [2.05, 4.69) is 9.80 Å². The number of methoxy groups -OCH3 is 1. The second kappa shape index (κ2) is 8.34. The molecule has 2 aromatic carbocycles. The standard InChI is InChI=1S/C24H26ClN3O4S/c1-15-16(2)26-20-14-22(31-3)19(25)13-18(20)24(15)28-8-11-33(29,30)23-5-4-17(12-21(23)28)27-6-9-32-10-7-27/h4-5,12-14H,6-11H2,1-3H3. The van der Waals surface area contributed by atoms with Gasteiger partial charge in [-0.05, 0) is 43.7 Å².